The van der Waals surface area contributed by atoms with E-state index in [1.54, 1.807) is 61.2 Å². The largest absolute Gasteiger partial charge is 0.369 e. The minimum Gasteiger partial charge on any atom is -0.369 e. The number of carbonyl (C=O) groups excluding carboxylic acids is 2. The van der Waals surface area contributed by atoms with Crippen molar-refractivity contribution < 1.29 is 9.59 Å². The molecular formula is C24H30N10O2. The van der Waals surface area contributed by atoms with Crippen LogP contribution in [0, 0.1) is 0 Å². The van der Waals surface area contributed by atoms with Crippen LogP contribution in [0.2, 0.25) is 0 Å². The molecule has 12 nitrogen and oxygen atoms in total. The number of guanidine groups is 2. The summed E-state index contributed by atoms with van der Waals surface area (Å²) in [5.74, 6) is -0.808. The number of amides is 2. The summed E-state index contributed by atoms with van der Waals surface area (Å²) >= 11 is 0. The Kier molecular flexibility index (Phi) is 8.34. The normalized spacial score (nSPS) is 15.8. The van der Waals surface area contributed by atoms with Crippen molar-refractivity contribution in [3.63, 3.8) is 0 Å². The van der Waals surface area contributed by atoms with E-state index in [4.69, 9.17) is 22.9 Å². The smallest absolute Gasteiger partial charge is 0.254 e. The average molecular weight is 491 g/mol. The molecule has 188 valence electrons. The van der Waals surface area contributed by atoms with E-state index in [9.17, 15) is 9.59 Å². The van der Waals surface area contributed by atoms with Gasteiger partial charge in [-0.25, -0.2) is 0 Å². The lowest BCUT2D eigenvalue weighted by molar-refractivity contribution is -0.119. The molecule has 1 unspecified atom stereocenters. The first-order valence-electron chi connectivity index (χ1n) is 11.2. The summed E-state index contributed by atoms with van der Waals surface area (Å²) in [4.78, 5) is 28.0. The van der Waals surface area contributed by atoms with Gasteiger partial charge < -0.3 is 33.2 Å². The molecule has 1 saturated heterocycles. The number of hydrogen-bond donors (Lipinski definition) is 5. The summed E-state index contributed by atoms with van der Waals surface area (Å²) in [6.45, 7) is 3.97. The zero-order valence-electron chi connectivity index (χ0n) is 20.2. The van der Waals surface area contributed by atoms with Crippen molar-refractivity contribution in [1.82, 2.24) is 4.90 Å². The molecule has 1 atom stereocenters. The predicted octanol–water partition coefficient (Wildman–Crippen LogP) is 0.925. The number of carbonyl (C=O) groups is 2. The van der Waals surface area contributed by atoms with Gasteiger partial charge in [0.15, 0.2) is 0 Å². The summed E-state index contributed by atoms with van der Waals surface area (Å²) in [5, 5.41) is 18.1. The van der Waals surface area contributed by atoms with Gasteiger partial charge >= 0.3 is 0 Å². The van der Waals surface area contributed by atoms with Crippen molar-refractivity contribution >= 4 is 40.8 Å². The summed E-state index contributed by atoms with van der Waals surface area (Å²) in [7, 11) is 0. The average Bonchev–Trinajstić information content (AvgIpc) is 3.35. The van der Waals surface area contributed by atoms with Crippen LogP contribution >= 0.6 is 0 Å². The highest BCUT2D eigenvalue weighted by Gasteiger charge is 2.34. The number of anilines is 1. The van der Waals surface area contributed by atoms with Crippen molar-refractivity contribution in [2.75, 3.05) is 11.9 Å². The first kappa shape index (κ1) is 25.9. The lowest BCUT2D eigenvalue weighted by Crippen LogP contribution is -2.43. The Morgan fingerprint density at radius 3 is 2.00 bits per heavy atom. The van der Waals surface area contributed by atoms with Gasteiger partial charge in [0.1, 0.15) is 6.04 Å². The number of likely N-dealkylation sites (tertiary alicyclic amines) is 1. The Balaban J connectivity index is 1.76. The molecule has 9 N–H and O–H groups in total. The van der Waals surface area contributed by atoms with Crippen LogP contribution in [0.15, 0.2) is 68.9 Å². The molecule has 0 bridgehead atoms. The van der Waals surface area contributed by atoms with Crippen LogP contribution in [0.3, 0.4) is 0 Å². The van der Waals surface area contributed by atoms with E-state index < -0.39 is 6.04 Å². The van der Waals surface area contributed by atoms with Gasteiger partial charge in [0.05, 0.1) is 11.4 Å². The van der Waals surface area contributed by atoms with Gasteiger partial charge in [-0.05, 0) is 62.1 Å². The minimum absolute atomic E-state index is 0.147. The molecule has 0 spiro atoms. The molecule has 1 aliphatic rings. The van der Waals surface area contributed by atoms with Gasteiger partial charge in [-0.1, -0.05) is 24.3 Å². The SMILES string of the molecule is C/C(=N\N=C(N)N)c1cccc(NC(=O)C2CCCN2C(=O)c2cccc(/C(C)=N/N=C(N)N)c2)c1. The zero-order valence-corrected chi connectivity index (χ0v) is 20.2. The van der Waals surface area contributed by atoms with Crippen LogP contribution in [0.4, 0.5) is 5.69 Å². The van der Waals surface area contributed by atoms with Crippen LogP contribution < -0.4 is 28.3 Å². The van der Waals surface area contributed by atoms with Gasteiger partial charge in [-0.15, -0.1) is 10.2 Å². The Hall–Kier alpha value is -4.74. The van der Waals surface area contributed by atoms with Crippen molar-refractivity contribution in [3.05, 3.63) is 65.2 Å². The van der Waals surface area contributed by atoms with Crippen LogP contribution in [0.5, 0.6) is 0 Å². The molecule has 1 fully saturated rings. The minimum atomic E-state index is -0.599. The second kappa shape index (κ2) is 11.6. The van der Waals surface area contributed by atoms with E-state index in [-0.39, 0.29) is 23.7 Å². The molecule has 3 rings (SSSR count). The van der Waals surface area contributed by atoms with Gasteiger partial charge in [0, 0.05) is 17.8 Å². The topological polar surface area (TPSA) is 203 Å². The summed E-state index contributed by atoms with van der Waals surface area (Å²) in [5.41, 5.74) is 24.9. The third-order valence-corrected chi connectivity index (χ3v) is 5.52. The van der Waals surface area contributed by atoms with Crippen LogP contribution in [-0.4, -0.2) is 52.6 Å². The van der Waals surface area contributed by atoms with Gasteiger partial charge in [0.25, 0.3) is 5.91 Å². The van der Waals surface area contributed by atoms with E-state index >= 15 is 0 Å². The Morgan fingerprint density at radius 2 is 1.39 bits per heavy atom. The van der Waals surface area contributed by atoms with Crippen LogP contribution in [0.25, 0.3) is 0 Å². The lowest BCUT2D eigenvalue weighted by atomic mass is 10.1. The highest BCUT2D eigenvalue weighted by molar-refractivity contribution is 6.05. The number of rotatable bonds is 7. The molecule has 2 aromatic carbocycles. The molecule has 0 radical (unpaired) electrons. The molecule has 0 saturated carbocycles. The number of nitrogens with one attached hydrogen (secondary N) is 1. The fraction of sp³-hybridized carbons (Fsp3) is 0.250. The van der Waals surface area contributed by atoms with Crippen molar-refractivity contribution in [2.24, 2.45) is 43.3 Å². The maximum absolute atomic E-state index is 13.3. The molecule has 36 heavy (non-hydrogen) atoms. The molecule has 1 aliphatic heterocycles. The third kappa shape index (κ3) is 6.65. The summed E-state index contributed by atoms with van der Waals surface area (Å²) in [6.07, 6.45) is 1.28. The van der Waals surface area contributed by atoms with E-state index in [0.29, 0.717) is 41.2 Å². The third-order valence-electron chi connectivity index (χ3n) is 5.52. The highest BCUT2D eigenvalue weighted by atomic mass is 16.2. The van der Waals surface area contributed by atoms with E-state index in [1.807, 2.05) is 6.07 Å². The predicted molar refractivity (Wildman–Crippen MR) is 142 cm³/mol. The number of nitrogens with two attached hydrogens (primary N) is 4. The summed E-state index contributed by atoms with van der Waals surface area (Å²) < 4.78 is 0. The Bertz CT molecular complexity index is 1260. The second-order valence-electron chi connectivity index (χ2n) is 8.23. The zero-order chi connectivity index (χ0) is 26.2. The van der Waals surface area contributed by atoms with Crippen molar-refractivity contribution in [2.45, 2.75) is 32.7 Å². The molecule has 1 heterocycles. The second-order valence-corrected chi connectivity index (χ2v) is 8.23. The summed E-state index contributed by atoms with van der Waals surface area (Å²) in [6, 6.07) is 13.5. The number of hydrogen-bond acceptors (Lipinski definition) is 6. The van der Waals surface area contributed by atoms with Crippen molar-refractivity contribution in [3.8, 4) is 0 Å². The van der Waals surface area contributed by atoms with E-state index in [1.165, 1.54) is 0 Å². The molecule has 2 amide bonds. The number of benzene rings is 2. The fourth-order valence-corrected chi connectivity index (χ4v) is 3.75. The lowest BCUT2D eigenvalue weighted by Gasteiger charge is -2.24. The molecule has 2 aromatic rings. The van der Waals surface area contributed by atoms with Gasteiger partial charge in [0.2, 0.25) is 17.8 Å². The van der Waals surface area contributed by atoms with Crippen molar-refractivity contribution in [1.29, 1.82) is 0 Å². The molecule has 0 aromatic heterocycles. The first-order chi connectivity index (χ1) is 17.2. The van der Waals surface area contributed by atoms with Crippen LogP contribution in [-0.2, 0) is 4.79 Å². The first-order valence-corrected chi connectivity index (χ1v) is 11.2. The van der Waals surface area contributed by atoms with E-state index in [2.05, 4.69) is 25.7 Å². The van der Waals surface area contributed by atoms with Gasteiger partial charge in [-0.2, -0.15) is 10.2 Å². The van der Waals surface area contributed by atoms with Crippen LogP contribution in [0.1, 0.15) is 48.2 Å². The maximum atomic E-state index is 13.3. The molecule has 12 heteroatoms. The monoisotopic (exact) mass is 490 g/mol. The van der Waals surface area contributed by atoms with Gasteiger partial charge in [-0.3, -0.25) is 9.59 Å². The Morgan fingerprint density at radius 1 is 0.833 bits per heavy atom. The Labute approximate surface area is 208 Å². The molecular weight excluding hydrogens is 460 g/mol. The fourth-order valence-electron chi connectivity index (χ4n) is 3.75. The highest BCUT2D eigenvalue weighted by Crippen LogP contribution is 2.23. The molecule has 0 aliphatic carbocycles. The number of nitrogens with zero attached hydrogens (tertiary/aromatic N) is 5. The van der Waals surface area contributed by atoms with E-state index in [0.717, 1.165) is 12.0 Å². The standard InChI is InChI=1S/C24H30N10O2/c1-14(30-32-23(25)26)16-6-3-8-18(12-16)22(36)34-11-5-10-20(34)21(35)29-19-9-4-7-17(13-19)15(2)31-33-24(27)28/h3-4,6-9,12-13,20H,5,10-11H2,1-2H3,(H,29,35)(H4,25,26,32)(H4,27,28,33)/b30-14+,31-15+. The maximum Gasteiger partial charge on any atom is 0.254 e. The quantitative estimate of drug-likeness (QED) is 0.217.